The van der Waals surface area contributed by atoms with Crippen LogP contribution in [0.5, 0.6) is 5.75 Å². The van der Waals surface area contributed by atoms with Crippen molar-refractivity contribution in [3.63, 3.8) is 0 Å². The number of ether oxygens (including phenoxy) is 1. The quantitative estimate of drug-likeness (QED) is 0.249. The van der Waals surface area contributed by atoms with Crippen molar-refractivity contribution in [2.45, 2.75) is 13.0 Å². The molecule has 2 aromatic rings. The number of carbonyl (C=O) groups is 1. The lowest BCUT2D eigenvalue weighted by atomic mass is 10.1. The molecule has 0 bridgehead atoms. The highest BCUT2D eigenvalue weighted by Crippen LogP contribution is 2.17. The summed E-state index contributed by atoms with van der Waals surface area (Å²) < 4.78 is 18.8. The number of guanidine groups is 1. The van der Waals surface area contributed by atoms with Gasteiger partial charge in [0.05, 0.1) is 6.42 Å². The molecule has 2 aromatic carbocycles. The standard InChI is InChI=1S/C22H27FN4O2/c1-3-13-29-20-10-5-4-8-18(20)16-27-22(24-2)26-12-11-25-21(28)15-17-7-6-9-19(23)14-17/h3-10,14H,1,11-13,15-16H2,2H3,(H,25,28)(H2,24,26,27). The van der Waals surface area contributed by atoms with Crippen molar-refractivity contribution in [3.8, 4) is 5.75 Å². The van der Waals surface area contributed by atoms with Gasteiger partial charge in [0.2, 0.25) is 5.91 Å². The summed E-state index contributed by atoms with van der Waals surface area (Å²) in [5.74, 6) is 0.903. The molecule has 3 N–H and O–H groups in total. The van der Waals surface area contributed by atoms with E-state index in [-0.39, 0.29) is 18.1 Å². The summed E-state index contributed by atoms with van der Waals surface area (Å²) in [6.45, 7) is 5.57. The molecule has 0 heterocycles. The topological polar surface area (TPSA) is 74.8 Å². The van der Waals surface area contributed by atoms with Gasteiger partial charge in [-0.3, -0.25) is 9.79 Å². The highest BCUT2D eigenvalue weighted by molar-refractivity contribution is 5.80. The third kappa shape index (κ3) is 8.04. The molecule has 29 heavy (non-hydrogen) atoms. The van der Waals surface area contributed by atoms with Crippen LogP contribution in [-0.4, -0.2) is 38.6 Å². The highest BCUT2D eigenvalue weighted by Gasteiger charge is 2.06. The number of nitrogens with zero attached hydrogens (tertiary/aromatic N) is 1. The Morgan fingerprint density at radius 2 is 1.93 bits per heavy atom. The number of aliphatic imine (C=N–C) groups is 1. The van der Waals surface area contributed by atoms with Crippen LogP contribution in [0.3, 0.4) is 0 Å². The fourth-order valence-electron chi connectivity index (χ4n) is 2.62. The number of halogens is 1. The normalized spacial score (nSPS) is 10.9. The van der Waals surface area contributed by atoms with Gasteiger partial charge in [-0.05, 0) is 23.8 Å². The first-order valence-electron chi connectivity index (χ1n) is 9.39. The minimum absolute atomic E-state index is 0.145. The van der Waals surface area contributed by atoms with Gasteiger partial charge < -0.3 is 20.7 Å². The van der Waals surface area contributed by atoms with Crippen molar-refractivity contribution < 1.29 is 13.9 Å². The van der Waals surface area contributed by atoms with Crippen LogP contribution in [0.25, 0.3) is 0 Å². The van der Waals surface area contributed by atoms with Crippen LogP contribution in [0, 0.1) is 5.82 Å². The SMILES string of the molecule is C=CCOc1ccccc1CNC(=NC)NCCNC(=O)Cc1cccc(F)c1. The van der Waals surface area contributed by atoms with E-state index in [0.717, 1.165) is 11.3 Å². The molecule has 0 atom stereocenters. The average Bonchev–Trinajstić information content (AvgIpc) is 2.72. The molecular weight excluding hydrogens is 371 g/mol. The molecule has 0 aromatic heterocycles. The van der Waals surface area contributed by atoms with E-state index in [9.17, 15) is 9.18 Å². The predicted octanol–water partition coefficient (Wildman–Crippen LogP) is 2.41. The second-order valence-corrected chi connectivity index (χ2v) is 6.22. The Bertz CT molecular complexity index is 839. The molecule has 0 fully saturated rings. The van der Waals surface area contributed by atoms with Crippen LogP contribution in [0.15, 0.2) is 66.2 Å². The lowest BCUT2D eigenvalue weighted by Gasteiger charge is -2.14. The van der Waals surface area contributed by atoms with Crippen LogP contribution in [0.4, 0.5) is 4.39 Å². The third-order valence-corrected chi connectivity index (χ3v) is 3.99. The zero-order chi connectivity index (χ0) is 20.9. The first-order chi connectivity index (χ1) is 14.1. The number of para-hydroxylation sites is 1. The van der Waals surface area contributed by atoms with Crippen LogP contribution in [0.1, 0.15) is 11.1 Å². The summed E-state index contributed by atoms with van der Waals surface area (Å²) in [6.07, 6.45) is 1.85. The molecule has 6 nitrogen and oxygen atoms in total. The van der Waals surface area contributed by atoms with E-state index in [4.69, 9.17) is 4.74 Å². The van der Waals surface area contributed by atoms with Crippen molar-refractivity contribution >= 4 is 11.9 Å². The molecule has 0 radical (unpaired) electrons. The molecule has 0 saturated heterocycles. The van der Waals surface area contributed by atoms with E-state index in [1.165, 1.54) is 12.1 Å². The lowest BCUT2D eigenvalue weighted by molar-refractivity contribution is -0.120. The van der Waals surface area contributed by atoms with Crippen LogP contribution in [-0.2, 0) is 17.8 Å². The molecule has 0 aliphatic carbocycles. The Labute approximate surface area is 170 Å². The number of hydrogen-bond donors (Lipinski definition) is 3. The van der Waals surface area contributed by atoms with Gasteiger partial charge in [-0.25, -0.2) is 4.39 Å². The predicted molar refractivity (Wildman–Crippen MR) is 113 cm³/mol. The van der Waals surface area contributed by atoms with Crippen LogP contribution >= 0.6 is 0 Å². The Kier molecular flexibility index (Phi) is 9.21. The Morgan fingerprint density at radius 1 is 1.14 bits per heavy atom. The van der Waals surface area contributed by atoms with Crippen LogP contribution in [0.2, 0.25) is 0 Å². The zero-order valence-electron chi connectivity index (χ0n) is 16.6. The lowest BCUT2D eigenvalue weighted by Crippen LogP contribution is -2.41. The third-order valence-electron chi connectivity index (χ3n) is 3.99. The Morgan fingerprint density at radius 3 is 2.69 bits per heavy atom. The minimum atomic E-state index is -0.344. The summed E-state index contributed by atoms with van der Waals surface area (Å²) in [4.78, 5) is 16.1. The first-order valence-corrected chi connectivity index (χ1v) is 9.39. The number of amides is 1. The molecule has 0 spiro atoms. The zero-order valence-corrected chi connectivity index (χ0v) is 16.6. The molecule has 7 heteroatoms. The van der Waals surface area contributed by atoms with Crippen molar-refractivity contribution in [1.29, 1.82) is 0 Å². The summed E-state index contributed by atoms with van der Waals surface area (Å²) in [5, 5.41) is 9.15. The van der Waals surface area contributed by atoms with E-state index >= 15 is 0 Å². The number of nitrogens with one attached hydrogen (secondary N) is 3. The Hall–Kier alpha value is -3.35. The van der Waals surface area contributed by atoms with Gasteiger partial charge in [-0.2, -0.15) is 0 Å². The summed E-state index contributed by atoms with van der Waals surface area (Å²) >= 11 is 0. The number of hydrogen-bond acceptors (Lipinski definition) is 3. The van der Waals surface area contributed by atoms with Crippen molar-refractivity contribution in [3.05, 3.63) is 78.1 Å². The molecule has 0 aliphatic heterocycles. The molecule has 2 rings (SSSR count). The summed E-state index contributed by atoms with van der Waals surface area (Å²) in [7, 11) is 1.68. The van der Waals surface area contributed by atoms with E-state index < -0.39 is 0 Å². The monoisotopic (exact) mass is 398 g/mol. The van der Waals surface area contributed by atoms with Crippen molar-refractivity contribution in [2.24, 2.45) is 4.99 Å². The van der Waals surface area contributed by atoms with E-state index in [0.29, 0.717) is 37.8 Å². The van der Waals surface area contributed by atoms with Crippen molar-refractivity contribution in [2.75, 3.05) is 26.7 Å². The number of carbonyl (C=O) groups excluding carboxylic acids is 1. The average molecular weight is 398 g/mol. The molecule has 0 saturated carbocycles. The maximum Gasteiger partial charge on any atom is 0.224 e. The van der Waals surface area contributed by atoms with E-state index in [1.807, 2.05) is 24.3 Å². The smallest absolute Gasteiger partial charge is 0.224 e. The van der Waals surface area contributed by atoms with E-state index in [2.05, 4.69) is 27.5 Å². The van der Waals surface area contributed by atoms with Gasteiger partial charge in [0, 0.05) is 32.2 Å². The molecule has 0 aliphatic rings. The fourth-order valence-corrected chi connectivity index (χ4v) is 2.62. The number of rotatable bonds is 10. The maximum atomic E-state index is 13.2. The van der Waals surface area contributed by atoms with Gasteiger partial charge in [0.1, 0.15) is 18.2 Å². The first kappa shape index (κ1) is 21.9. The largest absolute Gasteiger partial charge is 0.489 e. The van der Waals surface area contributed by atoms with Crippen molar-refractivity contribution in [1.82, 2.24) is 16.0 Å². The molecule has 1 amide bonds. The Balaban J connectivity index is 1.71. The van der Waals surface area contributed by atoms with Gasteiger partial charge in [0.25, 0.3) is 0 Å². The van der Waals surface area contributed by atoms with Gasteiger partial charge >= 0.3 is 0 Å². The highest BCUT2D eigenvalue weighted by atomic mass is 19.1. The number of benzene rings is 2. The van der Waals surface area contributed by atoms with Gasteiger partial charge in [0.15, 0.2) is 5.96 Å². The summed E-state index contributed by atoms with van der Waals surface area (Å²) in [5.41, 5.74) is 1.64. The second kappa shape index (κ2) is 12.2. The molecular formula is C22H27FN4O2. The maximum absolute atomic E-state index is 13.2. The second-order valence-electron chi connectivity index (χ2n) is 6.22. The minimum Gasteiger partial charge on any atom is -0.489 e. The molecule has 0 unspecified atom stereocenters. The van der Waals surface area contributed by atoms with Crippen LogP contribution < -0.4 is 20.7 Å². The van der Waals surface area contributed by atoms with Gasteiger partial charge in [-0.15, -0.1) is 0 Å². The summed E-state index contributed by atoms with van der Waals surface area (Å²) in [6, 6.07) is 13.8. The van der Waals surface area contributed by atoms with Gasteiger partial charge in [-0.1, -0.05) is 43.0 Å². The molecule has 154 valence electrons. The fraction of sp³-hybridized carbons (Fsp3) is 0.273. The van der Waals surface area contributed by atoms with E-state index in [1.54, 1.807) is 25.3 Å².